The van der Waals surface area contributed by atoms with Gasteiger partial charge >= 0.3 is 0 Å². The first-order chi connectivity index (χ1) is 12.0. The molecule has 0 fully saturated rings. The molecule has 3 rings (SSSR count). The third-order valence-corrected chi connectivity index (χ3v) is 4.54. The van der Waals surface area contributed by atoms with E-state index in [9.17, 15) is 9.18 Å². The van der Waals surface area contributed by atoms with Crippen molar-refractivity contribution in [2.75, 3.05) is 5.32 Å². The molecule has 7 heteroatoms. The Hall–Kier alpha value is -2.21. The number of rotatable bonds is 4. The van der Waals surface area contributed by atoms with Gasteiger partial charge < -0.3 is 0 Å². The van der Waals surface area contributed by atoms with Crippen LogP contribution in [0.15, 0.2) is 53.9 Å². The molecule has 1 heterocycles. The molecular formula is C18H11Cl2FN2OS. The van der Waals surface area contributed by atoms with Crippen LogP contribution in [0.5, 0.6) is 0 Å². The van der Waals surface area contributed by atoms with Crippen LogP contribution in [0.2, 0.25) is 10.0 Å². The van der Waals surface area contributed by atoms with Gasteiger partial charge in [-0.05, 0) is 42.0 Å². The Morgan fingerprint density at radius 1 is 1.16 bits per heavy atom. The molecule has 25 heavy (non-hydrogen) atoms. The van der Waals surface area contributed by atoms with Crippen LogP contribution in [0.25, 0.3) is 17.3 Å². The van der Waals surface area contributed by atoms with Crippen molar-refractivity contribution >= 4 is 51.7 Å². The summed E-state index contributed by atoms with van der Waals surface area (Å²) in [5.41, 5.74) is 2.12. The Morgan fingerprint density at radius 2 is 1.92 bits per heavy atom. The molecule has 2 aromatic carbocycles. The molecule has 0 unspecified atom stereocenters. The summed E-state index contributed by atoms with van der Waals surface area (Å²) in [7, 11) is 0. The number of anilines is 1. The lowest BCUT2D eigenvalue weighted by molar-refractivity contribution is -0.111. The van der Waals surface area contributed by atoms with E-state index in [4.69, 9.17) is 23.2 Å². The van der Waals surface area contributed by atoms with Gasteiger partial charge in [0.1, 0.15) is 5.82 Å². The van der Waals surface area contributed by atoms with Crippen LogP contribution >= 0.6 is 34.5 Å². The number of halogens is 3. The predicted molar refractivity (Wildman–Crippen MR) is 102 cm³/mol. The maximum atomic E-state index is 12.8. The summed E-state index contributed by atoms with van der Waals surface area (Å²) in [5, 5.41) is 5.97. The van der Waals surface area contributed by atoms with E-state index in [1.165, 1.54) is 29.5 Å². The lowest BCUT2D eigenvalue weighted by Gasteiger charge is -2.01. The molecule has 0 aliphatic carbocycles. The summed E-state index contributed by atoms with van der Waals surface area (Å²) in [6, 6.07) is 11.0. The predicted octanol–water partition coefficient (Wildman–Crippen LogP) is 5.91. The second-order valence-electron chi connectivity index (χ2n) is 5.04. The van der Waals surface area contributed by atoms with E-state index in [1.54, 1.807) is 41.8 Å². The standard InChI is InChI=1S/C18H11Cl2FN2OS/c19-12-4-7-14(15(20)9-12)16-10-25-18(22-16)23-17(24)8-3-11-1-5-13(21)6-2-11/h1-10H,(H,22,23,24)/b8-3-. The lowest BCUT2D eigenvalue weighted by Crippen LogP contribution is -2.07. The molecule has 0 spiro atoms. The second kappa shape index (κ2) is 7.78. The fourth-order valence-electron chi connectivity index (χ4n) is 2.04. The molecule has 1 aromatic heterocycles. The van der Waals surface area contributed by atoms with E-state index < -0.39 is 0 Å². The highest BCUT2D eigenvalue weighted by Crippen LogP contribution is 2.32. The van der Waals surface area contributed by atoms with Crippen molar-refractivity contribution in [3.8, 4) is 11.3 Å². The van der Waals surface area contributed by atoms with Crippen LogP contribution in [-0.2, 0) is 4.79 Å². The van der Waals surface area contributed by atoms with Gasteiger partial charge in [-0.3, -0.25) is 10.1 Å². The second-order valence-corrected chi connectivity index (χ2v) is 6.74. The Labute approximate surface area is 157 Å². The van der Waals surface area contributed by atoms with Crippen molar-refractivity contribution in [2.45, 2.75) is 0 Å². The smallest absolute Gasteiger partial charge is 0.250 e. The van der Waals surface area contributed by atoms with Crippen molar-refractivity contribution in [1.82, 2.24) is 4.98 Å². The van der Waals surface area contributed by atoms with Crippen molar-refractivity contribution < 1.29 is 9.18 Å². The van der Waals surface area contributed by atoms with Gasteiger partial charge in [0.2, 0.25) is 5.91 Å². The first-order valence-electron chi connectivity index (χ1n) is 7.17. The number of thiazole rings is 1. The molecule has 0 radical (unpaired) electrons. The molecule has 0 atom stereocenters. The Kier molecular flexibility index (Phi) is 5.48. The average molecular weight is 393 g/mol. The number of carbonyl (C=O) groups is 1. The molecular weight excluding hydrogens is 382 g/mol. The van der Waals surface area contributed by atoms with E-state index >= 15 is 0 Å². The van der Waals surface area contributed by atoms with Gasteiger partial charge in [0, 0.05) is 22.0 Å². The Balaban J connectivity index is 1.68. The Bertz CT molecular complexity index is 939. The zero-order valence-corrected chi connectivity index (χ0v) is 15.0. The molecule has 0 saturated heterocycles. The zero-order chi connectivity index (χ0) is 17.8. The van der Waals surface area contributed by atoms with E-state index in [0.717, 1.165) is 11.1 Å². The van der Waals surface area contributed by atoms with Gasteiger partial charge in [-0.15, -0.1) is 11.3 Å². The summed E-state index contributed by atoms with van der Waals surface area (Å²) in [6.07, 6.45) is 2.96. The highest BCUT2D eigenvalue weighted by Gasteiger charge is 2.10. The van der Waals surface area contributed by atoms with Gasteiger partial charge in [0.25, 0.3) is 0 Å². The van der Waals surface area contributed by atoms with Gasteiger partial charge in [-0.1, -0.05) is 35.3 Å². The maximum absolute atomic E-state index is 12.8. The summed E-state index contributed by atoms with van der Waals surface area (Å²) in [6.45, 7) is 0. The van der Waals surface area contributed by atoms with Gasteiger partial charge in [0.15, 0.2) is 5.13 Å². The number of carbonyl (C=O) groups excluding carboxylic acids is 1. The molecule has 0 bridgehead atoms. The van der Waals surface area contributed by atoms with E-state index in [-0.39, 0.29) is 11.7 Å². The highest BCUT2D eigenvalue weighted by atomic mass is 35.5. The summed E-state index contributed by atoms with van der Waals surface area (Å²) in [5.74, 6) is -0.648. The van der Waals surface area contributed by atoms with E-state index in [0.29, 0.717) is 20.9 Å². The van der Waals surface area contributed by atoms with Gasteiger partial charge in [0.05, 0.1) is 10.7 Å². The molecule has 0 aliphatic heterocycles. The van der Waals surface area contributed by atoms with Crippen LogP contribution in [0.4, 0.5) is 9.52 Å². The molecule has 126 valence electrons. The van der Waals surface area contributed by atoms with Crippen LogP contribution in [0.1, 0.15) is 5.56 Å². The van der Waals surface area contributed by atoms with Crippen molar-refractivity contribution in [1.29, 1.82) is 0 Å². The molecule has 1 amide bonds. The van der Waals surface area contributed by atoms with Crippen molar-refractivity contribution in [3.05, 3.63) is 75.3 Å². The number of nitrogens with one attached hydrogen (secondary N) is 1. The first-order valence-corrected chi connectivity index (χ1v) is 8.80. The van der Waals surface area contributed by atoms with Crippen LogP contribution < -0.4 is 5.32 Å². The fourth-order valence-corrected chi connectivity index (χ4v) is 3.26. The van der Waals surface area contributed by atoms with E-state index in [1.807, 2.05) is 0 Å². The summed E-state index contributed by atoms with van der Waals surface area (Å²) in [4.78, 5) is 16.3. The SMILES string of the molecule is O=C(/C=C\c1ccc(F)cc1)Nc1nc(-c2ccc(Cl)cc2Cl)cs1. The topological polar surface area (TPSA) is 42.0 Å². The van der Waals surface area contributed by atoms with Gasteiger partial charge in [-0.2, -0.15) is 0 Å². The minimum absolute atomic E-state index is 0.322. The third kappa shape index (κ3) is 4.66. The molecule has 3 aromatic rings. The quantitative estimate of drug-likeness (QED) is 0.560. The Morgan fingerprint density at radius 3 is 2.64 bits per heavy atom. The average Bonchev–Trinajstić information content (AvgIpc) is 3.02. The number of benzene rings is 2. The van der Waals surface area contributed by atoms with Crippen LogP contribution in [0, 0.1) is 5.82 Å². The van der Waals surface area contributed by atoms with Crippen molar-refractivity contribution in [3.63, 3.8) is 0 Å². The number of amides is 1. The fraction of sp³-hybridized carbons (Fsp3) is 0. The molecule has 1 N–H and O–H groups in total. The minimum atomic E-state index is -0.326. The molecule has 3 nitrogen and oxygen atoms in total. The number of aromatic nitrogens is 1. The third-order valence-electron chi connectivity index (χ3n) is 3.24. The normalized spacial score (nSPS) is 11.0. The first kappa shape index (κ1) is 17.6. The molecule has 0 aliphatic rings. The number of hydrogen-bond acceptors (Lipinski definition) is 3. The van der Waals surface area contributed by atoms with Crippen LogP contribution in [-0.4, -0.2) is 10.9 Å². The molecule has 0 saturated carbocycles. The monoisotopic (exact) mass is 392 g/mol. The van der Waals surface area contributed by atoms with Gasteiger partial charge in [-0.25, -0.2) is 9.37 Å². The largest absolute Gasteiger partial charge is 0.298 e. The zero-order valence-electron chi connectivity index (χ0n) is 12.7. The summed E-state index contributed by atoms with van der Waals surface area (Å²) < 4.78 is 12.8. The minimum Gasteiger partial charge on any atom is -0.298 e. The van der Waals surface area contributed by atoms with Crippen LogP contribution in [0.3, 0.4) is 0 Å². The lowest BCUT2D eigenvalue weighted by atomic mass is 10.2. The van der Waals surface area contributed by atoms with Crippen molar-refractivity contribution in [2.24, 2.45) is 0 Å². The maximum Gasteiger partial charge on any atom is 0.250 e. The number of nitrogens with zero attached hydrogens (tertiary/aromatic N) is 1. The number of hydrogen-bond donors (Lipinski definition) is 1. The summed E-state index contributed by atoms with van der Waals surface area (Å²) >= 11 is 13.3. The van der Waals surface area contributed by atoms with E-state index in [2.05, 4.69) is 10.3 Å². The highest BCUT2D eigenvalue weighted by molar-refractivity contribution is 7.14.